The van der Waals surface area contributed by atoms with Gasteiger partial charge in [0.05, 0.1) is 6.61 Å². The monoisotopic (exact) mass is 154 g/mol. The maximum atomic E-state index is 9.08. The first-order chi connectivity index (χ1) is 5.17. The molecule has 11 heavy (non-hydrogen) atoms. The average molecular weight is 154 g/mol. The van der Waals surface area contributed by atoms with Crippen LogP contribution in [0.1, 0.15) is 39.5 Å². The Balaban J connectivity index is 2.73. The summed E-state index contributed by atoms with van der Waals surface area (Å²) in [5.74, 6) is 0. The Morgan fingerprint density at radius 3 is 2.82 bits per heavy atom. The van der Waals surface area contributed by atoms with Gasteiger partial charge >= 0.3 is 0 Å². The lowest BCUT2D eigenvalue weighted by Gasteiger charge is -2.25. The highest BCUT2D eigenvalue weighted by Gasteiger charge is 2.23. The van der Waals surface area contributed by atoms with Crippen LogP contribution in [0.5, 0.6) is 0 Å². The van der Waals surface area contributed by atoms with Gasteiger partial charge in [-0.05, 0) is 30.3 Å². The molecule has 0 fully saturated rings. The molecule has 0 unspecified atom stereocenters. The highest BCUT2D eigenvalue weighted by atomic mass is 16.3. The normalized spacial score (nSPS) is 24.1. The predicted octanol–water partition coefficient (Wildman–Crippen LogP) is 2.51. The van der Waals surface area contributed by atoms with Crippen LogP contribution in [0.15, 0.2) is 11.6 Å². The third-order valence-corrected chi connectivity index (χ3v) is 2.69. The second-order valence-corrected chi connectivity index (χ2v) is 4.02. The molecule has 0 aromatic carbocycles. The minimum Gasteiger partial charge on any atom is -0.392 e. The molecule has 1 rings (SSSR count). The molecule has 0 atom stereocenters. The molecule has 1 heteroatoms. The molecule has 0 radical (unpaired) electrons. The molecule has 0 amide bonds. The Hall–Kier alpha value is -0.300. The van der Waals surface area contributed by atoms with Gasteiger partial charge in [0.25, 0.3) is 0 Å². The van der Waals surface area contributed by atoms with Crippen LogP contribution in [0.4, 0.5) is 0 Å². The van der Waals surface area contributed by atoms with Crippen LogP contribution in [0.3, 0.4) is 0 Å². The molecule has 1 N–H and O–H groups in total. The molecule has 0 heterocycles. The van der Waals surface area contributed by atoms with E-state index in [1.165, 1.54) is 24.8 Å². The molecule has 1 aliphatic carbocycles. The minimum atomic E-state index is 0.241. The van der Waals surface area contributed by atoms with Crippen molar-refractivity contribution in [1.29, 1.82) is 0 Å². The molecular formula is C10H18O. The second kappa shape index (κ2) is 3.40. The van der Waals surface area contributed by atoms with Gasteiger partial charge in [-0.1, -0.05) is 26.3 Å². The zero-order chi connectivity index (χ0) is 8.32. The van der Waals surface area contributed by atoms with Gasteiger partial charge in [0.2, 0.25) is 0 Å². The summed E-state index contributed by atoms with van der Waals surface area (Å²) in [6.45, 7) is 4.69. The first-order valence-corrected chi connectivity index (χ1v) is 4.47. The number of allylic oxidation sites excluding steroid dienone is 1. The number of rotatable bonds is 1. The van der Waals surface area contributed by atoms with Gasteiger partial charge in [0.15, 0.2) is 0 Å². The van der Waals surface area contributed by atoms with E-state index in [1.54, 1.807) is 0 Å². The zero-order valence-corrected chi connectivity index (χ0v) is 7.56. The SMILES string of the molecule is CC1(C)CCCCC=C1CO. The first-order valence-electron chi connectivity index (χ1n) is 4.47. The molecule has 1 nitrogen and oxygen atoms in total. The largest absolute Gasteiger partial charge is 0.392 e. The predicted molar refractivity (Wildman–Crippen MR) is 47.4 cm³/mol. The highest BCUT2D eigenvalue weighted by Crippen LogP contribution is 2.34. The Morgan fingerprint density at radius 2 is 2.18 bits per heavy atom. The van der Waals surface area contributed by atoms with Crippen molar-refractivity contribution in [3.63, 3.8) is 0 Å². The third-order valence-electron chi connectivity index (χ3n) is 2.69. The summed E-state index contributed by atoms with van der Waals surface area (Å²) in [6, 6.07) is 0. The van der Waals surface area contributed by atoms with Crippen LogP contribution in [0.2, 0.25) is 0 Å². The fraction of sp³-hybridized carbons (Fsp3) is 0.800. The van der Waals surface area contributed by atoms with E-state index in [9.17, 15) is 0 Å². The number of hydrogen-bond acceptors (Lipinski definition) is 1. The van der Waals surface area contributed by atoms with E-state index >= 15 is 0 Å². The van der Waals surface area contributed by atoms with E-state index in [0.717, 1.165) is 6.42 Å². The van der Waals surface area contributed by atoms with Gasteiger partial charge in [-0.2, -0.15) is 0 Å². The topological polar surface area (TPSA) is 20.2 Å². The molecule has 0 saturated carbocycles. The zero-order valence-electron chi connectivity index (χ0n) is 7.56. The molecule has 0 spiro atoms. The van der Waals surface area contributed by atoms with Crippen molar-refractivity contribution >= 4 is 0 Å². The van der Waals surface area contributed by atoms with E-state index < -0.39 is 0 Å². The second-order valence-electron chi connectivity index (χ2n) is 4.02. The van der Waals surface area contributed by atoms with Crippen LogP contribution in [-0.4, -0.2) is 11.7 Å². The summed E-state index contributed by atoms with van der Waals surface area (Å²) in [6.07, 6.45) is 7.17. The summed E-state index contributed by atoms with van der Waals surface area (Å²) in [7, 11) is 0. The summed E-state index contributed by atoms with van der Waals surface area (Å²) < 4.78 is 0. The smallest absolute Gasteiger partial charge is 0.0646 e. The van der Waals surface area contributed by atoms with Crippen molar-refractivity contribution in [2.45, 2.75) is 39.5 Å². The lowest BCUT2D eigenvalue weighted by atomic mass is 9.81. The van der Waals surface area contributed by atoms with Crippen LogP contribution in [0, 0.1) is 5.41 Å². The number of aliphatic hydroxyl groups excluding tert-OH is 1. The van der Waals surface area contributed by atoms with Crippen LogP contribution in [0.25, 0.3) is 0 Å². The van der Waals surface area contributed by atoms with Gasteiger partial charge in [-0.3, -0.25) is 0 Å². The molecule has 0 aromatic heterocycles. The number of hydrogen-bond donors (Lipinski definition) is 1. The van der Waals surface area contributed by atoms with Crippen molar-refractivity contribution in [3.05, 3.63) is 11.6 Å². The first kappa shape index (κ1) is 8.79. The van der Waals surface area contributed by atoms with Gasteiger partial charge in [0, 0.05) is 0 Å². The van der Waals surface area contributed by atoms with Crippen molar-refractivity contribution in [2.24, 2.45) is 5.41 Å². The Morgan fingerprint density at radius 1 is 1.45 bits per heavy atom. The molecule has 0 saturated heterocycles. The Labute approximate surface area is 69.1 Å². The molecule has 64 valence electrons. The summed E-state index contributed by atoms with van der Waals surface area (Å²) >= 11 is 0. The van der Waals surface area contributed by atoms with E-state index in [4.69, 9.17) is 5.11 Å². The standard InChI is InChI=1S/C10H18O/c1-10(2)7-5-3-4-6-9(10)8-11/h6,11H,3-5,7-8H2,1-2H3. The van der Waals surface area contributed by atoms with Crippen LogP contribution in [-0.2, 0) is 0 Å². The van der Waals surface area contributed by atoms with Crippen molar-refractivity contribution in [2.75, 3.05) is 6.61 Å². The fourth-order valence-corrected chi connectivity index (χ4v) is 1.70. The number of aliphatic hydroxyl groups is 1. The van der Waals surface area contributed by atoms with Crippen molar-refractivity contribution in [1.82, 2.24) is 0 Å². The van der Waals surface area contributed by atoms with Gasteiger partial charge in [-0.15, -0.1) is 0 Å². The summed E-state index contributed by atoms with van der Waals surface area (Å²) in [4.78, 5) is 0. The highest BCUT2D eigenvalue weighted by molar-refractivity contribution is 5.13. The maximum Gasteiger partial charge on any atom is 0.0646 e. The minimum absolute atomic E-state index is 0.241. The van der Waals surface area contributed by atoms with E-state index in [0.29, 0.717) is 0 Å². The molecule has 0 bridgehead atoms. The Bertz CT molecular complexity index is 156. The fourth-order valence-electron chi connectivity index (χ4n) is 1.70. The van der Waals surface area contributed by atoms with Crippen molar-refractivity contribution in [3.8, 4) is 0 Å². The Kier molecular flexibility index (Phi) is 2.72. The summed E-state index contributed by atoms with van der Waals surface area (Å²) in [5.41, 5.74) is 1.47. The molecule has 0 aromatic rings. The van der Waals surface area contributed by atoms with Gasteiger partial charge in [-0.25, -0.2) is 0 Å². The lowest BCUT2D eigenvalue weighted by Crippen LogP contribution is -2.16. The van der Waals surface area contributed by atoms with Crippen LogP contribution < -0.4 is 0 Å². The maximum absolute atomic E-state index is 9.08. The van der Waals surface area contributed by atoms with Gasteiger partial charge in [0.1, 0.15) is 0 Å². The van der Waals surface area contributed by atoms with E-state index in [2.05, 4.69) is 19.9 Å². The summed E-state index contributed by atoms with van der Waals surface area (Å²) in [5, 5.41) is 9.08. The van der Waals surface area contributed by atoms with Gasteiger partial charge < -0.3 is 5.11 Å². The third kappa shape index (κ3) is 2.06. The van der Waals surface area contributed by atoms with Crippen LogP contribution >= 0.6 is 0 Å². The lowest BCUT2D eigenvalue weighted by molar-refractivity contribution is 0.279. The van der Waals surface area contributed by atoms with E-state index in [-0.39, 0.29) is 12.0 Å². The van der Waals surface area contributed by atoms with E-state index in [1.807, 2.05) is 0 Å². The molecule has 1 aliphatic rings. The molecular weight excluding hydrogens is 136 g/mol. The van der Waals surface area contributed by atoms with Crippen molar-refractivity contribution < 1.29 is 5.11 Å². The molecule has 0 aliphatic heterocycles. The quantitative estimate of drug-likeness (QED) is 0.575. The average Bonchev–Trinajstić information content (AvgIpc) is 2.10.